The molecule has 3 nitrogen and oxygen atoms in total. The van der Waals surface area contributed by atoms with Crippen LogP contribution in [0.25, 0.3) is 16.7 Å². The van der Waals surface area contributed by atoms with E-state index in [2.05, 4.69) is 4.98 Å². The third-order valence-electron chi connectivity index (χ3n) is 3.08. The van der Waals surface area contributed by atoms with Crippen molar-refractivity contribution in [3.8, 4) is 5.69 Å². The zero-order chi connectivity index (χ0) is 15.2. The number of benzene rings is 2. The van der Waals surface area contributed by atoms with E-state index in [4.69, 9.17) is 0 Å². The van der Waals surface area contributed by atoms with Gasteiger partial charge in [-0.1, -0.05) is 12.1 Å². The van der Waals surface area contributed by atoms with Crippen molar-refractivity contribution < 1.29 is 17.6 Å². The second kappa shape index (κ2) is 4.47. The van der Waals surface area contributed by atoms with Crippen LogP contribution in [-0.4, -0.2) is 9.55 Å². The van der Waals surface area contributed by atoms with Crippen molar-refractivity contribution in [3.05, 3.63) is 64.3 Å². The fraction of sp³-hybridized carbons (Fsp3) is 0.0714. The van der Waals surface area contributed by atoms with Gasteiger partial charge < -0.3 is 4.98 Å². The van der Waals surface area contributed by atoms with Gasteiger partial charge >= 0.3 is 11.9 Å². The molecule has 0 aliphatic rings. The van der Waals surface area contributed by atoms with Crippen LogP contribution in [0.3, 0.4) is 0 Å². The van der Waals surface area contributed by atoms with Crippen LogP contribution < -0.4 is 5.69 Å². The fourth-order valence-corrected chi connectivity index (χ4v) is 2.25. The van der Waals surface area contributed by atoms with Gasteiger partial charge in [0.2, 0.25) is 0 Å². The molecule has 21 heavy (non-hydrogen) atoms. The molecule has 0 aliphatic heterocycles. The zero-order valence-corrected chi connectivity index (χ0v) is 10.4. The largest absolute Gasteiger partial charge is 0.418 e. The normalized spacial score (nSPS) is 12.0. The molecular formula is C14H8F4N2O. The second-order valence-corrected chi connectivity index (χ2v) is 4.44. The van der Waals surface area contributed by atoms with Crippen LogP contribution >= 0.6 is 0 Å². The Hall–Kier alpha value is -2.57. The van der Waals surface area contributed by atoms with Crippen LogP contribution in [0.4, 0.5) is 17.6 Å². The molecule has 108 valence electrons. The van der Waals surface area contributed by atoms with Crippen LogP contribution in [0, 0.1) is 5.82 Å². The van der Waals surface area contributed by atoms with Gasteiger partial charge in [-0.05, 0) is 30.3 Å². The molecule has 0 fully saturated rings. The van der Waals surface area contributed by atoms with E-state index in [9.17, 15) is 22.4 Å². The van der Waals surface area contributed by atoms with Crippen LogP contribution in [-0.2, 0) is 6.18 Å². The van der Waals surface area contributed by atoms with Gasteiger partial charge in [-0.2, -0.15) is 13.2 Å². The summed E-state index contributed by atoms with van der Waals surface area (Å²) in [5, 5.41) is 0. The number of hydrogen-bond donors (Lipinski definition) is 1. The lowest BCUT2D eigenvalue weighted by atomic mass is 10.1. The fourth-order valence-electron chi connectivity index (χ4n) is 2.25. The van der Waals surface area contributed by atoms with Gasteiger partial charge in [0.1, 0.15) is 5.82 Å². The molecule has 0 bridgehead atoms. The first-order valence-corrected chi connectivity index (χ1v) is 5.95. The molecule has 7 heteroatoms. The number of nitrogens with one attached hydrogen (secondary N) is 1. The summed E-state index contributed by atoms with van der Waals surface area (Å²) in [5.74, 6) is -0.641. The lowest BCUT2D eigenvalue weighted by Crippen LogP contribution is -2.16. The van der Waals surface area contributed by atoms with Crippen molar-refractivity contribution >= 4 is 11.0 Å². The molecule has 0 unspecified atom stereocenters. The minimum absolute atomic E-state index is 0.0305. The van der Waals surface area contributed by atoms with E-state index in [0.717, 1.165) is 22.8 Å². The Morgan fingerprint density at radius 3 is 2.43 bits per heavy atom. The lowest BCUT2D eigenvalue weighted by Gasteiger charge is -2.11. The SMILES string of the molecule is O=c1[nH]c2cccc(C(F)(F)F)c2n1-c1cccc(F)c1. The summed E-state index contributed by atoms with van der Waals surface area (Å²) >= 11 is 0. The van der Waals surface area contributed by atoms with Crippen molar-refractivity contribution in [1.29, 1.82) is 0 Å². The number of aromatic nitrogens is 2. The van der Waals surface area contributed by atoms with E-state index in [-0.39, 0.29) is 16.7 Å². The van der Waals surface area contributed by atoms with Crippen molar-refractivity contribution in [2.24, 2.45) is 0 Å². The summed E-state index contributed by atoms with van der Waals surface area (Å²) < 4.78 is 53.4. The first kappa shape index (κ1) is 13.4. The number of para-hydroxylation sites is 1. The number of fused-ring (bicyclic) bond motifs is 1. The van der Waals surface area contributed by atoms with Crippen molar-refractivity contribution in [1.82, 2.24) is 9.55 Å². The highest BCUT2D eigenvalue weighted by Gasteiger charge is 2.34. The summed E-state index contributed by atoms with van der Waals surface area (Å²) in [4.78, 5) is 14.3. The molecule has 1 heterocycles. The van der Waals surface area contributed by atoms with Crippen LogP contribution in [0.15, 0.2) is 47.3 Å². The Kier molecular flexibility index (Phi) is 2.86. The molecule has 0 saturated carbocycles. The predicted molar refractivity (Wildman–Crippen MR) is 68.9 cm³/mol. The average molecular weight is 296 g/mol. The highest BCUT2D eigenvalue weighted by molar-refractivity contribution is 5.81. The Balaban J connectivity index is 2.43. The molecule has 0 atom stereocenters. The maximum absolute atomic E-state index is 13.3. The zero-order valence-electron chi connectivity index (χ0n) is 10.4. The van der Waals surface area contributed by atoms with Crippen LogP contribution in [0.1, 0.15) is 5.56 Å². The van der Waals surface area contributed by atoms with E-state index in [0.29, 0.717) is 0 Å². The molecule has 0 aliphatic carbocycles. The molecule has 2 aromatic carbocycles. The third kappa shape index (κ3) is 2.20. The Morgan fingerprint density at radius 2 is 1.76 bits per heavy atom. The molecule has 3 rings (SSSR count). The van der Waals surface area contributed by atoms with Crippen molar-refractivity contribution in [3.63, 3.8) is 0 Å². The van der Waals surface area contributed by atoms with Crippen LogP contribution in [0.2, 0.25) is 0 Å². The summed E-state index contributed by atoms with van der Waals surface area (Å²) in [6, 6.07) is 8.29. The molecule has 0 spiro atoms. The number of hydrogen-bond acceptors (Lipinski definition) is 1. The lowest BCUT2D eigenvalue weighted by molar-refractivity contribution is -0.136. The maximum Gasteiger partial charge on any atom is 0.418 e. The topological polar surface area (TPSA) is 37.8 Å². The molecule has 3 aromatic rings. The van der Waals surface area contributed by atoms with Crippen molar-refractivity contribution in [2.75, 3.05) is 0 Å². The number of imidazole rings is 1. The number of rotatable bonds is 1. The first-order valence-electron chi connectivity index (χ1n) is 5.95. The molecule has 1 aromatic heterocycles. The Labute approximate surface area is 115 Å². The molecule has 0 amide bonds. The summed E-state index contributed by atoms with van der Waals surface area (Å²) in [7, 11) is 0. The van der Waals surface area contributed by atoms with Crippen LogP contribution in [0.5, 0.6) is 0 Å². The standard InChI is InChI=1S/C14H8F4N2O/c15-8-3-1-4-9(7-8)20-12-10(14(16,17)18)5-2-6-11(12)19-13(20)21/h1-7H,(H,19,21). The minimum atomic E-state index is -4.62. The molecule has 0 saturated heterocycles. The van der Waals surface area contributed by atoms with Gasteiger partial charge in [0.15, 0.2) is 0 Å². The van der Waals surface area contributed by atoms with E-state index >= 15 is 0 Å². The number of aromatic amines is 1. The Bertz CT molecular complexity index is 877. The molecular weight excluding hydrogens is 288 g/mol. The second-order valence-electron chi connectivity index (χ2n) is 4.44. The van der Waals surface area contributed by atoms with Gasteiger partial charge in [0.25, 0.3) is 0 Å². The van der Waals surface area contributed by atoms with Gasteiger partial charge in [-0.3, -0.25) is 4.57 Å². The Morgan fingerprint density at radius 1 is 1.05 bits per heavy atom. The van der Waals surface area contributed by atoms with Crippen molar-refractivity contribution in [2.45, 2.75) is 6.18 Å². The van der Waals surface area contributed by atoms with E-state index in [1.165, 1.54) is 24.3 Å². The monoisotopic (exact) mass is 296 g/mol. The quantitative estimate of drug-likeness (QED) is 0.686. The summed E-state index contributed by atoms with van der Waals surface area (Å²) in [5.41, 5.74) is -1.96. The van der Waals surface area contributed by atoms with Gasteiger partial charge in [-0.25, -0.2) is 9.18 Å². The highest BCUT2D eigenvalue weighted by Crippen LogP contribution is 2.34. The molecule has 1 N–H and O–H groups in total. The number of nitrogens with zero attached hydrogens (tertiary/aromatic N) is 1. The van der Waals surface area contributed by atoms with Gasteiger partial charge in [-0.15, -0.1) is 0 Å². The maximum atomic E-state index is 13.3. The molecule has 0 radical (unpaired) electrons. The predicted octanol–water partition coefficient (Wildman–Crippen LogP) is 3.48. The van der Waals surface area contributed by atoms with E-state index in [1.54, 1.807) is 0 Å². The minimum Gasteiger partial charge on any atom is -0.305 e. The number of alkyl halides is 3. The van der Waals surface area contributed by atoms with Gasteiger partial charge in [0, 0.05) is 0 Å². The average Bonchev–Trinajstić information content (AvgIpc) is 2.73. The third-order valence-corrected chi connectivity index (χ3v) is 3.08. The number of H-pyrrole nitrogens is 1. The smallest absolute Gasteiger partial charge is 0.305 e. The summed E-state index contributed by atoms with van der Waals surface area (Å²) in [6.45, 7) is 0. The van der Waals surface area contributed by atoms with E-state index < -0.39 is 23.2 Å². The number of halogens is 4. The first-order chi connectivity index (χ1) is 9.88. The van der Waals surface area contributed by atoms with E-state index in [1.807, 2.05) is 0 Å². The highest BCUT2D eigenvalue weighted by atomic mass is 19.4. The van der Waals surface area contributed by atoms with Gasteiger partial charge in [0.05, 0.1) is 22.3 Å². The summed E-state index contributed by atoms with van der Waals surface area (Å²) in [6.07, 6.45) is -4.62.